The summed E-state index contributed by atoms with van der Waals surface area (Å²) < 4.78 is 18.7. The first-order valence-corrected chi connectivity index (χ1v) is 10.2. The number of nitrogens with one attached hydrogen (secondary N) is 1. The molecule has 0 spiro atoms. The van der Waals surface area contributed by atoms with Crippen LogP contribution in [0, 0.1) is 5.82 Å². The van der Waals surface area contributed by atoms with E-state index < -0.39 is 5.25 Å². The quantitative estimate of drug-likeness (QED) is 0.408. The molecule has 4 aromatic rings. The van der Waals surface area contributed by atoms with Gasteiger partial charge in [0, 0.05) is 16.8 Å². The Hall–Kier alpha value is -3.45. The zero-order valence-electron chi connectivity index (χ0n) is 16.1. The zero-order valence-corrected chi connectivity index (χ0v) is 16.9. The van der Waals surface area contributed by atoms with Crippen molar-refractivity contribution in [2.75, 3.05) is 5.32 Å². The van der Waals surface area contributed by atoms with Gasteiger partial charge in [0.2, 0.25) is 11.8 Å². The minimum absolute atomic E-state index is 0.176. The first-order valence-electron chi connectivity index (χ1n) is 9.31. The summed E-state index contributed by atoms with van der Waals surface area (Å²) in [5, 5.41) is 10.7. The highest BCUT2D eigenvalue weighted by Crippen LogP contribution is 2.30. The predicted octanol–water partition coefficient (Wildman–Crippen LogP) is 5.66. The van der Waals surface area contributed by atoms with Crippen molar-refractivity contribution in [2.24, 2.45) is 0 Å². The lowest BCUT2D eigenvalue weighted by molar-refractivity contribution is -0.115. The molecule has 0 aliphatic carbocycles. The summed E-state index contributed by atoms with van der Waals surface area (Å²) in [7, 11) is 0. The smallest absolute Gasteiger partial charge is 0.277 e. The average Bonchev–Trinajstić information content (AvgIpc) is 3.23. The van der Waals surface area contributed by atoms with Crippen LogP contribution in [0.3, 0.4) is 0 Å². The molecular weight excluding hydrogens is 401 g/mol. The van der Waals surface area contributed by atoms with Crippen LogP contribution in [0.2, 0.25) is 0 Å². The molecule has 4 rings (SSSR count). The molecule has 0 saturated carbocycles. The molecule has 1 heterocycles. The Labute approximate surface area is 177 Å². The van der Waals surface area contributed by atoms with Gasteiger partial charge < -0.3 is 9.73 Å². The van der Waals surface area contributed by atoms with E-state index in [1.807, 2.05) is 54.6 Å². The van der Waals surface area contributed by atoms with Gasteiger partial charge in [0.1, 0.15) is 5.82 Å². The number of benzene rings is 3. The highest BCUT2D eigenvalue weighted by molar-refractivity contribution is 8.00. The molecule has 0 saturated heterocycles. The van der Waals surface area contributed by atoms with E-state index in [0.29, 0.717) is 5.56 Å². The molecule has 0 aliphatic heterocycles. The van der Waals surface area contributed by atoms with Crippen LogP contribution in [0.1, 0.15) is 6.92 Å². The number of amides is 1. The van der Waals surface area contributed by atoms with Gasteiger partial charge in [0.05, 0.1) is 5.25 Å². The lowest BCUT2D eigenvalue weighted by atomic mass is 10.0. The molecule has 30 heavy (non-hydrogen) atoms. The summed E-state index contributed by atoms with van der Waals surface area (Å²) in [5.74, 6) is -0.238. The van der Waals surface area contributed by atoms with E-state index in [2.05, 4.69) is 15.5 Å². The van der Waals surface area contributed by atoms with Gasteiger partial charge in [-0.15, -0.1) is 10.2 Å². The number of thioether (sulfide) groups is 1. The van der Waals surface area contributed by atoms with Crippen molar-refractivity contribution in [3.63, 3.8) is 0 Å². The Morgan fingerprint density at radius 1 is 0.933 bits per heavy atom. The molecule has 7 heteroatoms. The van der Waals surface area contributed by atoms with Gasteiger partial charge in [0.25, 0.3) is 5.22 Å². The van der Waals surface area contributed by atoms with Crippen LogP contribution in [0.25, 0.3) is 22.6 Å². The normalized spacial score (nSPS) is 11.8. The minimum atomic E-state index is -0.463. The monoisotopic (exact) mass is 419 g/mol. The molecule has 150 valence electrons. The first kappa shape index (κ1) is 19.8. The molecule has 3 aromatic carbocycles. The van der Waals surface area contributed by atoms with Gasteiger partial charge in [-0.3, -0.25) is 4.79 Å². The second-order valence-corrected chi connectivity index (χ2v) is 7.83. The van der Waals surface area contributed by atoms with Crippen molar-refractivity contribution in [1.29, 1.82) is 0 Å². The lowest BCUT2D eigenvalue weighted by Crippen LogP contribution is -2.22. The number of rotatable bonds is 6. The number of halogens is 1. The maximum Gasteiger partial charge on any atom is 0.277 e. The molecule has 1 aromatic heterocycles. The Morgan fingerprint density at radius 3 is 2.40 bits per heavy atom. The number of hydrogen-bond donors (Lipinski definition) is 1. The highest BCUT2D eigenvalue weighted by atomic mass is 32.2. The van der Waals surface area contributed by atoms with Gasteiger partial charge >= 0.3 is 0 Å². The number of carbonyl (C=O) groups excluding carboxylic acids is 1. The topological polar surface area (TPSA) is 68.0 Å². The van der Waals surface area contributed by atoms with Crippen LogP contribution in [-0.2, 0) is 4.79 Å². The third kappa shape index (κ3) is 4.58. The van der Waals surface area contributed by atoms with E-state index in [0.717, 1.165) is 28.6 Å². The number of hydrogen-bond acceptors (Lipinski definition) is 5. The summed E-state index contributed by atoms with van der Waals surface area (Å²) in [6.45, 7) is 1.77. The highest BCUT2D eigenvalue weighted by Gasteiger charge is 2.20. The summed E-state index contributed by atoms with van der Waals surface area (Å²) in [4.78, 5) is 12.8. The van der Waals surface area contributed by atoms with Gasteiger partial charge in [0.15, 0.2) is 0 Å². The third-order valence-corrected chi connectivity index (χ3v) is 5.35. The summed E-state index contributed by atoms with van der Waals surface area (Å²) >= 11 is 1.16. The first-order chi connectivity index (χ1) is 14.6. The number of anilines is 1. The molecule has 1 N–H and O–H groups in total. The van der Waals surface area contributed by atoms with Crippen molar-refractivity contribution >= 4 is 23.4 Å². The van der Waals surface area contributed by atoms with Crippen LogP contribution in [0.4, 0.5) is 10.1 Å². The zero-order chi connectivity index (χ0) is 20.9. The van der Waals surface area contributed by atoms with E-state index in [-0.39, 0.29) is 22.8 Å². The minimum Gasteiger partial charge on any atom is -0.411 e. The molecule has 0 radical (unpaired) electrons. The molecular formula is C23H18FN3O2S. The Bertz CT molecular complexity index is 1150. The van der Waals surface area contributed by atoms with E-state index >= 15 is 0 Å². The van der Waals surface area contributed by atoms with Crippen molar-refractivity contribution in [1.82, 2.24) is 10.2 Å². The van der Waals surface area contributed by atoms with Gasteiger partial charge in [-0.25, -0.2) is 4.39 Å². The Balaban J connectivity index is 1.45. The van der Waals surface area contributed by atoms with Crippen molar-refractivity contribution in [2.45, 2.75) is 17.4 Å². The van der Waals surface area contributed by atoms with Crippen LogP contribution in [-0.4, -0.2) is 21.4 Å². The number of carbonyl (C=O) groups is 1. The SMILES string of the molecule is C[C@@H](Sc1nnc(-c2ccc(F)cc2)o1)C(=O)Nc1ccccc1-c1ccccc1. The summed E-state index contributed by atoms with van der Waals surface area (Å²) in [5.41, 5.74) is 3.32. The van der Waals surface area contributed by atoms with Crippen LogP contribution >= 0.6 is 11.8 Å². The maximum absolute atomic E-state index is 13.1. The third-order valence-electron chi connectivity index (χ3n) is 4.41. The van der Waals surface area contributed by atoms with E-state index in [4.69, 9.17) is 4.42 Å². The fraction of sp³-hybridized carbons (Fsp3) is 0.0870. The fourth-order valence-corrected chi connectivity index (χ4v) is 3.55. The maximum atomic E-state index is 13.1. The predicted molar refractivity (Wildman–Crippen MR) is 116 cm³/mol. The van der Waals surface area contributed by atoms with Gasteiger partial charge in [-0.05, 0) is 42.8 Å². The Kier molecular flexibility index (Phi) is 5.90. The van der Waals surface area contributed by atoms with Crippen LogP contribution in [0.5, 0.6) is 0 Å². The lowest BCUT2D eigenvalue weighted by Gasteiger charge is -2.14. The molecule has 0 unspecified atom stereocenters. The molecule has 0 fully saturated rings. The van der Waals surface area contributed by atoms with Gasteiger partial charge in [-0.2, -0.15) is 0 Å². The molecule has 1 atom stereocenters. The molecule has 1 amide bonds. The molecule has 0 aliphatic rings. The standard InChI is InChI=1S/C23H18FN3O2S/c1-15(30-23-27-26-22(29-23)17-11-13-18(24)14-12-17)21(28)25-20-10-6-5-9-19(20)16-7-3-2-4-8-16/h2-15H,1H3,(H,25,28)/t15-/m1/s1. The van der Waals surface area contributed by atoms with E-state index in [1.54, 1.807) is 19.1 Å². The second kappa shape index (κ2) is 8.92. The molecule has 5 nitrogen and oxygen atoms in total. The fourth-order valence-electron chi connectivity index (χ4n) is 2.87. The van der Waals surface area contributed by atoms with Crippen molar-refractivity contribution < 1.29 is 13.6 Å². The molecule has 0 bridgehead atoms. The van der Waals surface area contributed by atoms with E-state index in [1.165, 1.54) is 12.1 Å². The van der Waals surface area contributed by atoms with Crippen molar-refractivity contribution in [3.05, 3.63) is 84.7 Å². The van der Waals surface area contributed by atoms with Crippen molar-refractivity contribution in [3.8, 4) is 22.6 Å². The Morgan fingerprint density at radius 2 is 1.63 bits per heavy atom. The number of aromatic nitrogens is 2. The number of para-hydroxylation sites is 1. The number of nitrogens with zero attached hydrogens (tertiary/aromatic N) is 2. The summed E-state index contributed by atoms with van der Waals surface area (Å²) in [6.07, 6.45) is 0. The van der Waals surface area contributed by atoms with Crippen LogP contribution < -0.4 is 5.32 Å². The van der Waals surface area contributed by atoms with E-state index in [9.17, 15) is 9.18 Å². The average molecular weight is 419 g/mol. The van der Waals surface area contributed by atoms with Crippen LogP contribution in [0.15, 0.2) is 88.5 Å². The largest absolute Gasteiger partial charge is 0.411 e. The summed E-state index contributed by atoms with van der Waals surface area (Å²) in [6, 6.07) is 23.3. The van der Waals surface area contributed by atoms with Gasteiger partial charge in [-0.1, -0.05) is 60.3 Å². The second-order valence-electron chi connectivity index (χ2n) is 6.54.